The Labute approximate surface area is 134 Å². The minimum atomic E-state index is 0. The summed E-state index contributed by atoms with van der Waals surface area (Å²) in [6.45, 7) is 2.39. The fraction of sp³-hybridized carbons (Fsp3) is 0.111. The summed E-state index contributed by atoms with van der Waals surface area (Å²) >= 11 is 0. The maximum Gasteiger partial charge on any atom is 0.228 e. The quantitative estimate of drug-likeness (QED) is 0.522. The molecule has 1 heterocycles. The van der Waals surface area contributed by atoms with Gasteiger partial charge in [-0.3, -0.25) is 4.79 Å². The summed E-state index contributed by atoms with van der Waals surface area (Å²) in [6, 6.07) is 19.8. The van der Waals surface area contributed by atoms with Crippen molar-refractivity contribution in [3.63, 3.8) is 0 Å². The number of halogens is 1. The third-order valence-corrected chi connectivity index (χ3v) is 3.57. The SMILES string of the molecule is Br.Cc1cccc[n+]1CC(=O)c1cccc2ccccc12. The first-order chi connectivity index (χ1) is 9.75. The van der Waals surface area contributed by atoms with Crippen LogP contribution in [0.25, 0.3) is 10.8 Å². The van der Waals surface area contributed by atoms with Gasteiger partial charge in [-0.15, -0.1) is 17.0 Å². The maximum atomic E-state index is 12.6. The van der Waals surface area contributed by atoms with E-state index in [1.807, 2.05) is 78.4 Å². The molecular formula is C18H17BrNO+. The van der Waals surface area contributed by atoms with E-state index in [1.165, 1.54) is 0 Å². The first-order valence-corrected chi connectivity index (χ1v) is 6.72. The molecular weight excluding hydrogens is 326 g/mol. The number of rotatable bonds is 3. The summed E-state index contributed by atoms with van der Waals surface area (Å²) in [4.78, 5) is 12.6. The van der Waals surface area contributed by atoms with Crippen molar-refractivity contribution < 1.29 is 9.36 Å². The normalized spacial score (nSPS) is 10.1. The van der Waals surface area contributed by atoms with Gasteiger partial charge in [0.25, 0.3) is 0 Å². The second kappa shape index (κ2) is 6.64. The van der Waals surface area contributed by atoms with Crippen LogP contribution >= 0.6 is 17.0 Å². The molecule has 21 heavy (non-hydrogen) atoms. The van der Waals surface area contributed by atoms with Crippen LogP contribution in [-0.4, -0.2) is 5.78 Å². The lowest BCUT2D eigenvalue weighted by Crippen LogP contribution is -2.40. The second-order valence-electron chi connectivity index (χ2n) is 4.92. The van der Waals surface area contributed by atoms with E-state index in [4.69, 9.17) is 0 Å². The van der Waals surface area contributed by atoms with E-state index in [9.17, 15) is 4.79 Å². The molecule has 0 fully saturated rings. The third kappa shape index (κ3) is 3.19. The molecule has 0 amide bonds. The second-order valence-corrected chi connectivity index (χ2v) is 4.92. The molecule has 1 aromatic heterocycles. The van der Waals surface area contributed by atoms with Crippen molar-refractivity contribution >= 4 is 33.5 Å². The van der Waals surface area contributed by atoms with Crippen molar-refractivity contribution in [2.24, 2.45) is 0 Å². The molecule has 0 aliphatic heterocycles. The van der Waals surface area contributed by atoms with Gasteiger partial charge in [-0.2, -0.15) is 4.57 Å². The molecule has 0 unspecified atom stereocenters. The minimum Gasteiger partial charge on any atom is -0.287 e. The van der Waals surface area contributed by atoms with Gasteiger partial charge in [0, 0.05) is 24.6 Å². The Kier molecular flexibility index (Phi) is 4.86. The molecule has 0 aliphatic carbocycles. The molecule has 0 radical (unpaired) electrons. The number of Topliss-reactive ketones (excluding diaryl/α,β-unsaturated/α-hetero) is 1. The number of benzene rings is 2. The lowest BCUT2D eigenvalue weighted by Gasteiger charge is -2.04. The Hall–Kier alpha value is -2.00. The number of pyridine rings is 1. The zero-order valence-corrected chi connectivity index (χ0v) is 13.5. The van der Waals surface area contributed by atoms with Gasteiger partial charge < -0.3 is 0 Å². The Morgan fingerprint density at radius 1 is 0.952 bits per heavy atom. The van der Waals surface area contributed by atoms with Gasteiger partial charge in [0.15, 0.2) is 11.9 Å². The smallest absolute Gasteiger partial charge is 0.228 e. The van der Waals surface area contributed by atoms with Crippen molar-refractivity contribution in [2.75, 3.05) is 0 Å². The molecule has 0 bridgehead atoms. The highest BCUT2D eigenvalue weighted by Crippen LogP contribution is 2.18. The Morgan fingerprint density at radius 3 is 2.48 bits per heavy atom. The number of ketones is 1. The van der Waals surface area contributed by atoms with Gasteiger partial charge in [-0.25, -0.2) is 0 Å². The standard InChI is InChI=1S/C18H16NO.BrH/c1-14-7-4-5-12-19(14)13-18(20)17-11-6-9-15-8-2-3-10-16(15)17;/h2-12H,13H2,1H3;1H/q+1;. The van der Waals surface area contributed by atoms with Crippen molar-refractivity contribution in [1.82, 2.24) is 0 Å². The van der Waals surface area contributed by atoms with Crippen LogP contribution in [0.5, 0.6) is 0 Å². The number of nitrogens with zero attached hydrogens (tertiary/aromatic N) is 1. The molecule has 0 aliphatic rings. The highest BCUT2D eigenvalue weighted by Gasteiger charge is 2.15. The molecule has 0 atom stereocenters. The van der Waals surface area contributed by atoms with Crippen LogP contribution in [0.15, 0.2) is 66.9 Å². The van der Waals surface area contributed by atoms with Crippen LogP contribution in [0, 0.1) is 6.92 Å². The molecule has 0 spiro atoms. The fourth-order valence-corrected chi connectivity index (χ4v) is 2.45. The molecule has 3 rings (SSSR count). The number of carbonyl (C=O) groups excluding carboxylic acids is 1. The summed E-state index contributed by atoms with van der Waals surface area (Å²) in [5.41, 5.74) is 1.87. The molecule has 0 saturated carbocycles. The van der Waals surface area contributed by atoms with E-state index in [-0.39, 0.29) is 22.8 Å². The zero-order valence-electron chi connectivity index (χ0n) is 11.8. The van der Waals surface area contributed by atoms with Crippen molar-refractivity contribution in [3.05, 3.63) is 78.1 Å². The first-order valence-electron chi connectivity index (χ1n) is 6.72. The number of aromatic nitrogens is 1. The van der Waals surface area contributed by atoms with Crippen molar-refractivity contribution in [3.8, 4) is 0 Å². The summed E-state index contributed by atoms with van der Waals surface area (Å²) in [6.07, 6.45) is 1.94. The highest BCUT2D eigenvalue weighted by atomic mass is 79.9. The largest absolute Gasteiger partial charge is 0.287 e. The molecule has 2 aromatic carbocycles. The van der Waals surface area contributed by atoms with Crippen LogP contribution < -0.4 is 4.57 Å². The van der Waals surface area contributed by atoms with E-state index in [0.29, 0.717) is 6.54 Å². The van der Waals surface area contributed by atoms with Crippen LogP contribution in [0.4, 0.5) is 0 Å². The van der Waals surface area contributed by atoms with Gasteiger partial charge in [-0.1, -0.05) is 48.5 Å². The lowest BCUT2D eigenvalue weighted by atomic mass is 10.0. The summed E-state index contributed by atoms with van der Waals surface area (Å²) in [5.74, 6) is 0.140. The Bertz CT molecular complexity index is 778. The molecule has 106 valence electrons. The summed E-state index contributed by atoms with van der Waals surface area (Å²) in [5, 5.41) is 2.13. The maximum absolute atomic E-state index is 12.6. The van der Waals surface area contributed by atoms with Crippen LogP contribution in [-0.2, 0) is 6.54 Å². The predicted octanol–water partition coefficient (Wildman–Crippen LogP) is 3.90. The van der Waals surface area contributed by atoms with Crippen LogP contribution in [0.3, 0.4) is 0 Å². The predicted molar refractivity (Wildman–Crippen MR) is 90.0 cm³/mol. The lowest BCUT2D eigenvalue weighted by molar-refractivity contribution is -0.689. The topological polar surface area (TPSA) is 20.9 Å². The van der Waals surface area contributed by atoms with Crippen molar-refractivity contribution in [1.29, 1.82) is 0 Å². The molecule has 0 N–H and O–H groups in total. The molecule has 0 saturated heterocycles. The first kappa shape index (κ1) is 15.4. The van der Waals surface area contributed by atoms with Gasteiger partial charge in [0.05, 0.1) is 0 Å². The van der Waals surface area contributed by atoms with Gasteiger partial charge in [0.1, 0.15) is 0 Å². The molecule has 3 aromatic rings. The van der Waals surface area contributed by atoms with Crippen LogP contribution in [0.1, 0.15) is 16.1 Å². The van der Waals surface area contributed by atoms with E-state index >= 15 is 0 Å². The van der Waals surface area contributed by atoms with Crippen molar-refractivity contribution in [2.45, 2.75) is 13.5 Å². The van der Waals surface area contributed by atoms with Gasteiger partial charge in [-0.05, 0) is 10.8 Å². The minimum absolute atomic E-state index is 0. The number of fused-ring (bicyclic) bond motifs is 1. The number of aryl methyl sites for hydroxylation is 1. The van der Waals surface area contributed by atoms with Gasteiger partial charge >= 0.3 is 0 Å². The van der Waals surface area contributed by atoms with Gasteiger partial charge in [0.2, 0.25) is 12.3 Å². The van der Waals surface area contributed by atoms with E-state index < -0.39 is 0 Å². The number of hydrogen-bond acceptors (Lipinski definition) is 1. The molecule has 2 nitrogen and oxygen atoms in total. The monoisotopic (exact) mass is 342 g/mol. The zero-order chi connectivity index (χ0) is 13.9. The average Bonchev–Trinajstić information content (AvgIpc) is 2.49. The fourth-order valence-electron chi connectivity index (χ4n) is 2.45. The Morgan fingerprint density at radius 2 is 1.67 bits per heavy atom. The van der Waals surface area contributed by atoms with E-state index in [0.717, 1.165) is 22.0 Å². The van der Waals surface area contributed by atoms with Crippen LogP contribution in [0.2, 0.25) is 0 Å². The van der Waals surface area contributed by atoms with E-state index in [1.54, 1.807) is 0 Å². The van der Waals surface area contributed by atoms with E-state index in [2.05, 4.69) is 0 Å². The summed E-state index contributed by atoms with van der Waals surface area (Å²) in [7, 11) is 0. The third-order valence-electron chi connectivity index (χ3n) is 3.57. The summed E-state index contributed by atoms with van der Waals surface area (Å²) < 4.78 is 1.98. The highest BCUT2D eigenvalue weighted by molar-refractivity contribution is 8.93. The Balaban J connectivity index is 0.00000161. The number of hydrogen-bond donors (Lipinski definition) is 0. The average molecular weight is 343 g/mol. The number of carbonyl (C=O) groups is 1. The molecule has 3 heteroatoms.